The van der Waals surface area contributed by atoms with Crippen molar-refractivity contribution in [3.8, 4) is 11.1 Å². The topological polar surface area (TPSA) is 178 Å². The number of anilines is 2. The Morgan fingerprint density at radius 1 is 0.538 bits per heavy atom. The molecule has 0 bridgehead atoms. The maximum absolute atomic E-state index is 13.7. The van der Waals surface area contributed by atoms with Gasteiger partial charge in [-0.1, -0.05) is 54.6 Å². The first kappa shape index (κ1) is 26.7. The summed E-state index contributed by atoms with van der Waals surface area (Å²) in [5.41, 5.74) is 10.5. The van der Waals surface area contributed by atoms with E-state index in [1.54, 1.807) is 18.2 Å². The Morgan fingerprint density at radius 3 is 1.41 bits per heavy atom. The summed E-state index contributed by atoms with van der Waals surface area (Å²) in [5.74, 6) is -2.54. The van der Waals surface area contributed by atoms with Crippen LogP contribution in [0.2, 0.25) is 0 Å². The quantitative estimate of drug-likeness (QED) is 0.172. The van der Waals surface area contributed by atoms with Gasteiger partial charge in [0.05, 0.1) is 21.7 Å². The van der Waals surface area contributed by atoms with Gasteiger partial charge in [-0.2, -0.15) is 0 Å². The third-order valence-electron chi connectivity index (χ3n) is 6.87. The van der Waals surface area contributed by atoms with Crippen LogP contribution in [0.4, 0.5) is 11.4 Å². The van der Waals surface area contributed by atoms with Crippen molar-refractivity contribution in [1.29, 1.82) is 0 Å². The Morgan fingerprint density at radius 2 is 0.949 bits per heavy atom. The Bertz CT molecular complexity index is 1950. The first-order chi connectivity index (χ1) is 18.0. The molecule has 0 unspecified atom stereocenters. The molecule has 2 aliphatic carbocycles. The molecule has 0 fully saturated rings. The van der Waals surface area contributed by atoms with Crippen molar-refractivity contribution in [2.75, 3.05) is 11.5 Å². The first-order valence-corrected chi connectivity index (χ1v) is 12.6. The third kappa shape index (κ3) is 3.72. The molecule has 186 valence electrons. The summed E-state index contributed by atoms with van der Waals surface area (Å²) in [6.07, 6.45) is 0. The number of nitrogen functional groups attached to an aromatic ring is 2. The number of carbonyl (C=O) groups is 4. The van der Waals surface area contributed by atoms with Crippen LogP contribution in [0.15, 0.2) is 71.6 Å². The van der Waals surface area contributed by atoms with Gasteiger partial charge in [0, 0.05) is 39.1 Å². The fourth-order valence-electron chi connectivity index (χ4n) is 5.19. The van der Waals surface area contributed by atoms with Gasteiger partial charge in [0.2, 0.25) is 0 Å². The van der Waals surface area contributed by atoms with E-state index in [9.17, 15) is 32.1 Å². The molecule has 6 rings (SSSR count). The van der Waals surface area contributed by atoms with Crippen molar-refractivity contribution in [3.63, 3.8) is 0 Å². The predicted molar refractivity (Wildman–Crippen MR) is 135 cm³/mol. The molecule has 39 heavy (non-hydrogen) atoms. The van der Waals surface area contributed by atoms with E-state index in [0.717, 1.165) is 6.07 Å². The van der Waals surface area contributed by atoms with Crippen LogP contribution in [0.3, 0.4) is 0 Å². The maximum atomic E-state index is 13.7. The SMILES string of the molecule is Nc1ccc(-c2cc(S(=O)(=O)[O-])c(N)c3c2C(=O)c2ccccc2C3=O)c2c1C(=O)c1ccccc1C2=O.[Na+]. The fraction of sp³-hybridized carbons (Fsp3) is 0. The Balaban J connectivity index is 0.00000308. The fourth-order valence-corrected chi connectivity index (χ4v) is 5.82. The van der Waals surface area contributed by atoms with Gasteiger partial charge in [-0.15, -0.1) is 0 Å². The molecule has 11 heteroatoms. The Kier molecular flexibility index (Phi) is 6.21. The summed E-state index contributed by atoms with van der Waals surface area (Å²) < 4.78 is 36.6. The number of hydrogen-bond donors (Lipinski definition) is 2. The number of ketones is 4. The summed E-state index contributed by atoms with van der Waals surface area (Å²) in [6, 6.07) is 15.6. The summed E-state index contributed by atoms with van der Waals surface area (Å²) in [5, 5.41) is 0. The molecule has 9 nitrogen and oxygen atoms in total. The van der Waals surface area contributed by atoms with E-state index in [1.807, 2.05) is 0 Å². The minimum atomic E-state index is -5.23. The van der Waals surface area contributed by atoms with Crippen LogP contribution >= 0.6 is 0 Å². The largest absolute Gasteiger partial charge is 1.00 e. The van der Waals surface area contributed by atoms with Crippen LogP contribution in [0.1, 0.15) is 63.7 Å². The van der Waals surface area contributed by atoms with Crippen molar-refractivity contribution < 1.29 is 61.7 Å². The molecule has 0 radical (unpaired) electrons. The first-order valence-electron chi connectivity index (χ1n) is 11.2. The molecule has 0 atom stereocenters. The van der Waals surface area contributed by atoms with E-state index in [1.165, 1.54) is 42.5 Å². The van der Waals surface area contributed by atoms with Crippen molar-refractivity contribution in [2.24, 2.45) is 0 Å². The number of hydrogen-bond acceptors (Lipinski definition) is 9. The van der Waals surface area contributed by atoms with Crippen LogP contribution in [0, 0.1) is 0 Å². The minimum absolute atomic E-state index is 0. The van der Waals surface area contributed by atoms with Crippen LogP contribution in [0.5, 0.6) is 0 Å². The zero-order valence-corrected chi connectivity index (χ0v) is 23.1. The second-order valence-electron chi connectivity index (χ2n) is 8.90. The average Bonchev–Trinajstić information content (AvgIpc) is 2.89. The summed E-state index contributed by atoms with van der Waals surface area (Å²) in [6.45, 7) is 0. The van der Waals surface area contributed by atoms with E-state index < -0.39 is 49.4 Å². The van der Waals surface area contributed by atoms with Gasteiger partial charge >= 0.3 is 29.6 Å². The minimum Gasteiger partial charge on any atom is -0.744 e. The van der Waals surface area contributed by atoms with Gasteiger partial charge in [-0.25, -0.2) is 8.42 Å². The molecule has 4 N–H and O–H groups in total. The number of carbonyl (C=O) groups excluding carboxylic acids is 4. The van der Waals surface area contributed by atoms with Gasteiger partial charge in [0.25, 0.3) is 0 Å². The zero-order valence-electron chi connectivity index (χ0n) is 20.3. The molecular weight excluding hydrogens is 531 g/mol. The van der Waals surface area contributed by atoms with Gasteiger partial charge < -0.3 is 16.0 Å². The third-order valence-corrected chi connectivity index (χ3v) is 7.74. The molecule has 2 aliphatic rings. The number of nitrogens with two attached hydrogens (primary N) is 2. The van der Waals surface area contributed by atoms with Gasteiger partial charge in [0.1, 0.15) is 10.1 Å². The smallest absolute Gasteiger partial charge is 0.744 e. The molecule has 0 saturated carbocycles. The van der Waals surface area contributed by atoms with E-state index >= 15 is 0 Å². The van der Waals surface area contributed by atoms with Crippen LogP contribution < -0.4 is 41.0 Å². The molecule has 0 amide bonds. The van der Waals surface area contributed by atoms with Crippen molar-refractivity contribution >= 4 is 44.6 Å². The second kappa shape index (κ2) is 9.08. The maximum Gasteiger partial charge on any atom is 1.00 e. The summed E-state index contributed by atoms with van der Waals surface area (Å²) in [7, 11) is -5.23. The van der Waals surface area contributed by atoms with E-state index in [4.69, 9.17) is 11.5 Å². The molecule has 0 spiro atoms. The number of benzene rings is 4. The second-order valence-corrected chi connectivity index (χ2v) is 10.2. The van der Waals surface area contributed by atoms with Gasteiger partial charge in [-0.3, -0.25) is 19.2 Å². The number of rotatable bonds is 2. The summed E-state index contributed by atoms with van der Waals surface area (Å²) in [4.78, 5) is 53.4. The molecule has 4 aromatic carbocycles. The Hall–Kier alpha value is -3.93. The van der Waals surface area contributed by atoms with Gasteiger partial charge in [-0.05, 0) is 23.3 Å². The molecular formula is C28H15N2NaO7S. The average molecular weight is 546 g/mol. The Labute approximate surface area is 243 Å². The van der Waals surface area contributed by atoms with Crippen LogP contribution in [-0.4, -0.2) is 36.1 Å². The zero-order chi connectivity index (χ0) is 27.1. The van der Waals surface area contributed by atoms with E-state index in [-0.39, 0.29) is 85.3 Å². The normalized spacial score (nSPS) is 13.7. The molecule has 0 aromatic heterocycles. The molecule has 4 aromatic rings. The van der Waals surface area contributed by atoms with E-state index in [2.05, 4.69) is 0 Å². The van der Waals surface area contributed by atoms with Crippen molar-refractivity contribution in [1.82, 2.24) is 0 Å². The number of fused-ring (bicyclic) bond motifs is 4. The van der Waals surface area contributed by atoms with Crippen LogP contribution in [-0.2, 0) is 10.1 Å². The van der Waals surface area contributed by atoms with E-state index in [0.29, 0.717) is 0 Å². The predicted octanol–water partition coefficient (Wildman–Crippen LogP) is -0.0231. The standard InChI is InChI=1S/C28H16N2O7S.Na/c29-18-10-9-12(20-22(18)27(33)15-7-3-1-5-13(15)25(20)31)17-11-19(38(35,36)37)24(30)23-21(17)26(32)14-6-2-4-8-16(14)28(23)34;/h1-11H,29-30H2,(H,35,36,37);/q;+1/p-1. The van der Waals surface area contributed by atoms with Crippen molar-refractivity contribution in [2.45, 2.75) is 4.90 Å². The molecule has 0 saturated heterocycles. The molecule has 0 heterocycles. The monoisotopic (exact) mass is 546 g/mol. The summed E-state index contributed by atoms with van der Waals surface area (Å²) >= 11 is 0. The molecule has 0 aliphatic heterocycles. The van der Waals surface area contributed by atoms with Crippen LogP contribution in [0.25, 0.3) is 11.1 Å². The van der Waals surface area contributed by atoms with Gasteiger partial charge in [0.15, 0.2) is 23.1 Å². The van der Waals surface area contributed by atoms with Crippen molar-refractivity contribution in [3.05, 3.63) is 111 Å².